The summed E-state index contributed by atoms with van der Waals surface area (Å²) >= 11 is 0. The van der Waals surface area contributed by atoms with Gasteiger partial charge < -0.3 is 5.11 Å². The van der Waals surface area contributed by atoms with E-state index in [1.807, 2.05) is 30.3 Å². The van der Waals surface area contributed by atoms with Crippen LogP contribution in [0.5, 0.6) is 5.75 Å². The fourth-order valence-electron chi connectivity index (χ4n) is 2.20. The lowest BCUT2D eigenvalue weighted by atomic mass is 10.2. The molecule has 0 aliphatic heterocycles. The molecule has 0 saturated carbocycles. The summed E-state index contributed by atoms with van der Waals surface area (Å²) in [5.74, 6) is 1.31. The fraction of sp³-hybridized carbons (Fsp3) is 0.133. The first-order chi connectivity index (χ1) is 8.79. The minimum atomic E-state index is 0.279. The third-order valence-corrected chi connectivity index (χ3v) is 3.05. The molecule has 0 bridgehead atoms. The van der Waals surface area contributed by atoms with Gasteiger partial charge in [-0.2, -0.15) is 0 Å². The Morgan fingerprint density at radius 3 is 2.50 bits per heavy atom. The lowest BCUT2D eigenvalue weighted by Gasteiger charge is -2.08. The van der Waals surface area contributed by atoms with Crippen molar-refractivity contribution in [2.24, 2.45) is 0 Å². The average Bonchev–Trinajstić information content (AvgIpc) is 2.78. The molecule has 0 spiro atoms. The molecule has 3 rings (SSSR count). The van der Waals surface area contributed by atoms with Crippen LogP contribution in [0.3, 0.4) is 0 Å². The quantitative estimate of drug-likeness (QED) is 0.744. The largest absolute Gasteiger partial charge is 0.508 e. The molecular weight excluding hydrogens is 224 g/mol. The van der Waals surface area contributed by atoms with Crippen LogP contribution in [-0.2, 0) is 6.42 Å². The second-order valence-electron chi connectivity index (χ2n) is 4.22. The summed E-state index contributed by atoms with van der Waals surface area (Å²) in [6, 6.07) is 15.3. The van der Waals surface area contributed by atoms with E-state index >= 15 is 0 Å². The lowest BCUT2D eigenvalue weighted by molar-refractivity contribution is 0.475. The highest BCUT2D eigenvalue weighted by atomic mass is 16.3. The number of benzene rings is 2. The molecule has 1 aromatic heterocycles. The van der Waals surface area contributed by atoms with E-state index in [0.717, 1.165) is 29.0 Å². The van der Waals surface area contributed by atoms with E-state index in [0.29, 0.717) is 0 Å². The third kappa shape index (κ3) is 1.64. The second kappa shape index (κ2) is 4.18. The molecule has 0 unspecified atom stereocenters. The molecule has 1 N–H and O–H groups in total. The van der Waals surface area contributed by atoms with Crippen LogP contribution in [0, 0.1) is 0 Å². The number of aromatic nitrogens is 2. The standard InChI is InChI=1S/C15H14N2O/c1-2-15-16-13-5-3-4-6-14(13)17(15)11-7-9-12(18)10-8-11/h3-10,18H,2H2,1H3. The maximum atomic E-state index is 9.37. The topological polar surface area (TPSA) is 38.0 Å². The van der Waals surface area contributed by atoms with Gasteiger partial charge in [-0.1, -0.05) is 19.1 Å². The van der Waals surface area contributed by atoms with Crippen molar-refractivity contribution < 1.29 is 5.11 Å². The van der Waals surface area contributed by atoms with E-state index in [2.05, 4.69) is 22.5 Å². The Hall–Kier alpha value is -2.29. The van der Waals surface area contributed by atoms with Gasteiger partial charge in [-0.25, -0.2) is 4.98 Å². The predicted molar refractivity (Wildman–Crippen MR) is 72.1 cm³/mol. The summed E-state index contributed by atoms with van der Waals surface area (Å²) in [4.78, 5) is 4.63. The first-order valence-electron chi connectivity index (χ1n) is 6.05. The summed E-state index contributed by atoms with van der Waals surface area (Å²) in [7, 11) is 0. The molecule has 3 heteroatoms. The summed E-state index contributed by atoms with van der Waals surface area (Å²) in [6.45, 7) is 2.10. The molecule has 1 heterocycles. The van der Waals surface area contributed by atoms with Crippen LogP contribution in [-0.4, -0.2) is 14.7 Å². The van der Waals surface area contributed by atoms with Crippen LogP contribution in [0.4, 0.5) is 0 Å². The van der Waals surface area contributed by atoms with Crippen molar-refractivity contribution in [1.29, 1.82) is 0 Å². The molecule has 0 fully saturated rings. The van der Waals surface area contributed by atoms with Crippen molar-refractivity contribution in [2.75, 3.05) is 0 Å². The zero-order valence-electron chi connectivity index (χ0n) is 10.2. The fourth-order valence-corrected chi connectivity index (χ4v) is 2.20. The van der Waals surface area contributed by atoms with Crippen molar-refractivity contribution in [2.45, 2.75) is 13.3 Å². The summed E-state index contributed by atoms with van der Waals surface area (Å²) in [6.07, 6.45) is 0.871. The number of hydrogen-bond acceptors (Lipinski definition) is 2. The van der Waals surface area contributed by atoms with Gasteiger partial charge in [0.15, 0.2) is 0 Å². The molecule has 0 atom stereocenters. The minimum absolute atomic E-state index is 0.279. The van der Waals surface area contributed by atoms with E-state index in [9.17, 15) is 5.11 Å². The number of nitrogens with zero attached hydrogens (tertiary/aromatic N) is 2. The molecule has 0 aliphatic carbocycles. The highest BCUT2D eigenvalue weighted by Gasteiger charge is 2.10. The van der Waals surface area contributed by atoms with Crippen LogP contribution >= 0.6 is 0 Å². The number of imidazole rings is 1. The average molecular weight is 238 g/mol. The smallest absolute Gasteiger partial charge is 0.115 e. The molecule has 2 aromatic carbocycles. The summed E-state index contributed by atoms with van der Waals surface area (Å²) < 4.78 is 2.13. The lowest BCUT2D eigenvalue weighted by Crippen LogP contribution is -1.99. The number of fused-ring (bicyclic) bond motifs is 1. The van der Waals surface area contributed by atoms with Gasteiger partial charge in [-0.15, -0.1) is 0 Å². The first-order valence-corrected chi connectivity index (χ1v) is 6.05. The molecule has 3 aromatic rings. The number of para-hydroxylation sites is 2. The zero-order valence-corrected chi connectivity index (χ0v) is 10.2. The monoisotopic (exact) mass is 238 g/mol. The summed E-state index contributed by atoms with van der Waals surface area (Å²) in [5.41, 5.74) is 3.13. The van der Waals surface area contributed by atoms with Crippen LogP contribution in [0.25, 0.3) is 16.7 Å². The summed E-state index contributed by atoms with van der Waals surface area (Å²) in [5, 5.41) is 9.37. The Kier molecular flexibility index (Phi) is 2.52. The van der Waals surface area contributed by atoms with Crippen LogP contribution in [0.1, 0.15) is 12.7 Å². The number of phenolic OH excluding ortho intramolecular Hbond substituents is 1. The van der Waals surface area contributed by atoms with Crippen LogP contribution < -0.4 is 0 Å². The van der Waals surface area contributed by atoms with Gasteiger partial charge in [0.1, 0.15) is 11.6 Å². The molecule has 0 aliphatic rings. The Labute approximate surface area is 105 Å². The van der Waals surface area contributed by atoms with Crippen LogP contribution in [0.2, 0.25) is 0 Å². The van der Waals surface area contributed by atoms with Gasteiger partial charge in [0.2, 0.25) is 0 Å². The number of phenols is 1. The Balaban J connectivity index is 2.29. The highest BCUT2D eigenvalue weighted by Crippen LogP contribution is 2.23. The maximum absolute atomic E-state index is 9.37. The highest BCUT2D eigenvalue weighted by molar-refractivity contribution is 5.78. The maximum Gasteiger partial charge on any atom is 0.115 e. The van der Waals surface area contributed by atoms with Gasteiger partial charge >= 0.3 is 0 Å². The number of aryl methyl sites for hydroxylation is 1. The molecule has 90 valence electrons. The van der Waals surface area contributed by atoms with E-state index in [-0.39, 0.29) is 5.75 Å². The molecule has 18 heavy (non-hydrogen) atoms. The van der Waals surface area contributed by atoms with E-state index in [1.54, 1.807) is 12.1 Å². The number of rotatable bonds is 2. The third-order valence-electron chi connectivity index (χ3n) is 3.05. The predicted octanol–water partition coefficient (Wildman–Crippen LogP) is 3.29. The number of aromatic hydroxyl groups is 1. The Morgan fingerprint density at radius 2 is 1.78 bits per heavy atom. The van der Waals surface area contributed by atoms with Crippen molar-refractivity contribution in [1.82, 2.24) is 9.55 Å². The molecular formula is C15H14N2O. The van der Waals surface area contributed by atoms with Crippen molar-refractivity contribution in [3.8, 4) is 11.4 Å². The van der Waals surface area contributed by atoms with E-state index in [4.69, 9.17) is 0 Å². The van der Waals surface area contributed by atoms with Crippen molar-refractivity contribution >= 4 is 11.0 Å². The van der Waals surface area contributed by atoms with Gasteiger partial charge in [-0.3, -0.25) is 4.57 Å². The minimum Gasteiger partial charge on any atom is -0.508 e. The van der Waals surface area contributed by atoms with Gasteiger partial charge in [0, 0.05) is 12.1 Å². The second-order valence-corrected chi connectivity index (χ2v) is 4.22. The molecule has 0 amide bonds. The Morgan fingerprint density at radius 1 is 1.06 bits per heavy atom. The first kappa shape index (κ1) is 10.8. The normalized spacial score (nSPS) is 10.9. The zero-order chi connectivity index (χ0) is 12.5. The van der Waals surface area contributed by atoms with Crippen LogP contribution in [0.15, 0.2) is 48.5 Å². The van der Waals surface area contributed by atoms with Gasteiger partial charge in [0.05, 0.1) is 11.0 Å². The van der Waals surface area contributed by atoms with Crippen molar-refractivity contribution in [3.63, 3.8) is 0 Å². The number of hydrogen-bond donors (Lipinski definition) is 1. The van der Waals surface area contributed by atoms with Gasteiger partial charge in [-0.05, 0) is 36.4 Å². The molecule has 0 radical (unpaired) electrons. The van der Waals surface area contributed by atoms with E-state index < -0.39 is 0 Å². The van der Waals surface area contributed by atoms with E-state index in [1.165, 1.54) is 0 Å². The van der Waals surface area contributed by atoms with Crippen molar-refractivity contribution in [3.05, 3.63) is 54.4 Å². The SMILES string of the molecule is CCc1nc2ccccc2n1-c1ccc(O)cc1. The molecule has 0 saturated heterocycles. The molecule has 3 nitrogen and oxygen atoms in total. The Bertz CT molecular complexity index is 683. The van der Waals surface area contributed by atoms with Gasteiger partial charge in [0.25, 0.3) is 0 Å².